The van der Waals surface area contributed by atoms with E-state index < -0.39 is 21.8 Å². The number of thiazole rings is 1. The number of rotatable bonds is 10. The summed E-state index contributed by atoms with van der Waals surface area (Å²) in [7, 11) is -0.267. The van der Waals surface area contributed by atoms with E-state index in [9.17, 15) is 13.2 Å². The Morgan fingerprint density at radius 2 is 1.81 bits per heavy atom. The standard InChI is InChI=1S/C25H28N6O3S2/c1-31(2)20-12-5-9-17-16(20)8-6-14-22(17)36(33,34)30-19(11-7-15-28-25(26)27)23(32)24-29-18-10-3-4-13-21(18)35-24/h3-6,8-10,12-14,19,30H,7,11,15H2,1-2H3,(H4,26,27,28)/t19-/m0/s1. The molecule has 9 nitrogen and oxygen atoms in total. The molecule has 0 aliphatic rings. The highest BCUT2D eigenvalue weighted by Crippen LogP contribution is 2.31. The Hall–Kier alpha value is -3.54. The topological polar surface area (TPSA) is 141 Å². The number of hydrogen-bond acceptors (Lipinski definition) is 7. The Bertz CT molecular complexity index is 1500. The number of nitrogens with two attached hydrogens (primary N) is 1. The lowest BCUT2D eigenvalue weighted by molar-refractivity contribution is 0.0948. The fourth-order valence-corrected chi connectivity index (χ4v) is 6.45. The predicted octanol–water partition coefficient (Wildman–Crippen LogP) is 3.31. The monoisotopic (exact) mass is 524 g/mol. The van der Waals surface area contributed by atoms with Crippen LogP contribution in [-0.4, -0.2) is 51.8 Å². The molecule has 0 radical (unpaired) electrons. The van der Waals surface area contributed by atoms with Crippen molar-refractivity contribution in [2.24, 2.45) is 5.73 Å². The number of fused-ring (bicyclic) bond motifs is 2. The smallest absolute Gasteiger partial charge is 0.241 e. The molecule has 0 spiro atoms. The fourth-order valence-electron chi connectivity index (χ4n) is 4.04. The summed E-state index contributed by atoms with van der Waals surface area (Å²) in [4.78, 5) is 19.9. The molecular weight excluding hydrogens is 496 g/mol. The molecule has 5 N–H and O–H groups in total. The van der Waals surface area contributed by atoms with Crippen molar-refractivity contribution in [1.29, 1.82) is 5.41 Å². The van der Waals surface area contributed by atoms with Gasteiger partial charge in [-0.25, -0.2) is 18.1 Å². The van der Waals surface area contributed by atoms with Crippen molar-refractivity contribution in [3.8, 4) is 0 Å². The first-order valence-corrected chi connectivity index (χ1v) is 13.7. The number of sulfonamides is 1. The molecule has 3 aromatic carbocycles. The SMILES string of the molecule is CN(C)c1cccc2c(S(=O)(=O)N[C@@H](CCCNC(=N)N)C(=O)c3nc4ccccc4s3)cccc12. The van der Waals surface area contributed by atoms with Gasteiger partial charge in [0.2, 0.25) is 15.8 Å². The molecule has 0 amide bonds. The van der Waals surface area contributed by atoms with Crippen molar-refractivity contribution < 1.29 is 13.2 Å². The van der Waals surface area contributed by atoms with Crippen LogP contribution < -0.4 is 20.7 Å². The highest BCUT2D eigenvalue weighted by atomic mass is 32.2. The van der Waals surface area contributed by atoms with Gasteiger partial charge in [-0.3, -0.25) is 10.2 Å². The molecule has 1 aromatic heterocycles. The Labute approximate surface area is 213 Å². The number of benzene rings is 3. The van der Waals surface area contributed by atoms with Crippen LogP contribution >= 0.6 is 11.3 Å². The zero-order chi connectivity index (χ0) is 25.9. The van der Waals surface area contributed by atoms with Gasteiger partial charge in [0, 0.05) is 37.1 Å². The molecule has 0 aliphatic carbocycles. The number of anilines is 1. The number of nitrogens with one attached hydrogen (secondary N) is 3. The molecule has 0 unspecified atom stereocenters. The molecule has 188 valence electrons. The quantitative estimate of drug-likeness (QED) is 0.108. The van der Waals surface area contributed by atoms with E-state index in [2.05, 4.69) is 15.0 Å². The number of aromatic nitrogens is 1. The number of guanidine groups is 1. The third-order valence-corrected chi connectivity index (χ3v) is 8.31. The maximum Gasteiger partial charge on any atom is 0.241 e. The molecule has 1 heterocycles. The van der Waals surface area contributed by atoms with E-state index >= 15 is 0 Å². The minimum Gasteiger partial charge on any atom is -0.377 e. The van der Waals surface area contributed by atoms with Crippen LogP contribution in [0, 0.1) is 5.41 Å². The summed E-state index contributed by atoms with van der Waals surface area (Å²) < 4.78 is 30.7. The van der Waals surface area contributed by atoms with E-state index in [4.69, 9.17) is 11.1 Å². The van der Waals surface area contributed by atoms with Crippen molar-refractivity contribution in [2.75, 3.05) is 25.5 Å². The zero-order valence-corrected chi connectivity index (χ0v) is 21.6. The van der Waals surface area contributed by atoms with Gasteiger partial charge in [-0.1, -0.05) is 36.4 Å². The molecule has 0 saturated heterocycles. The van der Waals surface area contributed by atoms with Gasteiger partial charge >= 0.3 is 0 Å². The van der Waals surface area contributed by atoms with Crippen LogP contribution in [0.4, 0.5) is 5.69 Å². The van der Waals surface area contributed by atoms with Gasteiger partial charge < -0.3 is 16.0 Å². The fraction of sp³-hybridized carbons (Fsp3) is 0.240. The number of Topliss-reactive ketones (excluding diaryl/α,β-unsaturated/α-hetero) is 1. The first-order valence-electron chi connectivity index (χ1n) is 11.4. The van der Waals surface area contributed by atoms with Crippen molar-refractivity contribution in [2.45, 2.75) is 23.8 Å². The second-order valence-electron chi connectivity index (χ2n) is 8.53. The van der Waals surface area contributed by atoms with Gasteiger partial charge in [-0.15, -0.1) is 11.3 Å². The highest BCUT2D eigenvalue weighted by Gasteiger charge is 2.29. The van der Waals surface area contributed by atoms with E-state index in [-0.39, 0.29) is 22.3 Å². The van der Waals surface area contributed by atoms with E-state index in [0.717, 1.165) is 15.8 Å². The van der Waals surface area contributed by atoms with Crippen LogP contribution in [0.1, 0.15) is 22.6 Å². The maximum absolute atomic E-state index is 13.6. The van der Waals surface area contributed by atoms with Gasteiger partial charge in [0.15, 0.2) is 11.0 Å². The number of carbonyl (C=O) groups excluding carboxylic acids is 1. The molecule has 0 saturated carbocycles. The maximum atomic E-state index is 13.6. The van der Waals surface area contributed by atoms with Crippen molar-refractivity contribution in [3.05, 3.63) is 65.7 Å². The van der Waals surface area contributed by atoms with Crippen molar-refractivity contribution in [1.82, 2.24) is 15.0 Å². The molecule has 0 aliphatic heterocycles. The lowest BCUT2D eigenvalue weighted by Gasteiger charge is -2.19. The summed E-state index contributed by atoms with van der Waals surface area (Å²) >= 11 is 1.24. The van der Waals surface area contributed by atoms with Crippen LogP contribution in [0.2, 0.25) is 0 Å². The van der Waals surface area contributed by atoms with Gasteiger partial charge in [0.25, 0.3) is 0 Å². The molecule has 0 bridgehead atoms. The molecule has 4 rings (SSSR count). The average molecular weight is 525 g/mol. The highest BCUT2D eigenvalue weighted by molar-refractivity contribution is 7.89. The van der Waals surface area contributed by atoms with Gasteiger partial charge in [-0.05, 0) is 37.1 Å². The van der Waals surface area contributed by atoms with Gasteiger partial charge in [-0.2, -0.15) is 0 Å². The van der Waals surface area contributed by atoms with Crippen molar-refractivity contribution in [3.63, 3.8) is 0 Å². The van der Waals surface area contributed by atoms with Crippen LogP contribution in [0.25, 0.3) is 21.0 Å². The summed E-state index contributed by atoms with van der Waals surface area (Å²) in [5.74, 6) is -0.575. The molecular formula is C25H28N6O3S2. The second-order valence-corrected chi connectivity index (χ2v) is 11.2. The van der Waals surface area contributed by atoms with Crippen LogP contribution in [0.5, 0.6) is 0 Å². The lowest BCUT2D eigenvalue weighted by Crippen LogP contribution is -2.41. The third-order valence-electron chi connectivity index (χ3n) is 5.73. The number of nitrogens with zero attached hydrogens (tertiary/aromatic N) is 2. The second kappa shape index (κ2) is 10.6. The average Bonchev–Trinajstić information content (AvgIpc) is 3.28. The molecule has 11 heteroatoms. The van der Waals surface area contributed by atoms with Crippen LogP contribution in [-0.2, 0) is 10.0 Å². The van der Waals surface area contributed by atoms with Gasteiger partial charge in [0.1, 0.15) is 0 Å². The predicted molar refractivity (Wildman–Crippen MR) is 145 cm³/mol. The normalized spacial score (nSPS) is 12.5. The summed E-state index contributed by atoms with van der Waals surface area (Å²) in [6, 6.07) is 17.0. The van der Waals surface area contributed by atoms with E-state index in [1.165, 1.54) is 11.3 Å². The molecule has 36 heavy (non-hydrogen) atoms. The number of para-hydroxylation sites is 1. The number of ketones is 1. The Morgan fingerprint density at radius 1 is 1.08 bits per heavy atom. The largest absolute Gasteiger partial charge is 0.377 e. The minimum atomic E-state index is -4.06. The van der Waals surface area contributed by atoms with Crippen LogP contribution in [0.3, 0.4) is 0 Å². The third kappa shape index (κ3) is 5.48. The van der Waals surface area contributed by atoms with E-state index in [0.29, 0.717) is 23.9 Å². The zero-order valence-electron chi connectivity index (χ0n) is 20.0. The lowest BCUT2D eigenvalue weighted by atomic mass is 10.1. The van der Waals surface area contributed by atoms with E-state index in [1.54, 1.807) is 18.2 Å². The first-order chi connectivity index (χ1) is 17.2. The van der Waals surface area contributed by atoms with Gasteiger partial charge in [0.05, 0.1) is 21.2 Å². The first kappa shape index (κ1) is 25.5. The molecule has 4 aromatic rings. The Balaban J connectivity index is 1.68. The van der Waals surface area contributed by atoms with Crippen molar-refractivity contribution >= 4 is 59.8 Å². The molecule has 0 fully saturated rings. The van der Waals surface area contributed by atoms with E-state index in [1.807, 2.05) is 61.5 Å². The van der Waals surface area contributed by atoms with Crippen LogP contribution in [0.15, 0.2) is 65.6 Å². The summed E-state index contributed by atoms with van der Waals surface area (Å²) in [6.07, 6.45) is 0.631. The minimum absolute atomic E-state index is 0.104. The number of carbonyl (C=O) groups is 1. The molecule has 1 atom stereocenters. The summed E-state index contributed by atoms with van der Waals surface area (Å²) in [5, 5.41) is 11.6. The summed E-state index contributed by atoms with van der Waals surface area (Å²) in [5.41, 5.74) is 6.93. The summed E-state index contributed by atoms with van der Waals surface area (Å²) in [6.45, 7) is 0.334. The Morgan fingerprint density at radius 3 is 2.53 bits per heavy atom. The Kier molecular flexibility index (Phi) is 7.53. The number of hydrogen-bond donors (Lipinski definition) is 4.